The fraction of sp³-hybridized carbons (Fsp3) is 0.208. The van der Waals surface area contributed by atoms with Gasteiger partial charge in [-0.3, -0.25) is 9.59 Å². The zero-order valence-corrected chi connectivity index (χ0v) is 17.5. The largest absolute Gasteiger partial charge is 0.450 e. The Hall–Kier alpha value is -3.88. The van der Waals surface area contributed by atoms with Gasteiger partial charge in [-0.15, -0.1) is 0 Å². The molecule has 3 rings (SSSR count). The van der Waals surface area contributed by atoms with Gasteiger partial charge < -0.3 is 14.5 Å². The summed E-state index contributed by atoms with van der Waals surface area (Å²) < 4.78 is 48.9. The fourth-order valence-corrected chi connectivity index (χ4v) is 3.04. The monoisotopic (exact) mass is 459 g/mol. The summed E-state index contributed by atoms with van der Waals surface area (Å²) in [5.41, 5.74) is 0.132. The number of carbonyl (C=O) groups excluding carboxylic acids is 3. The van der Waals surface area contributed by atoms with Crippen molar-refractivity contribution in [3.05, 3.63) is 83.6 Å². The van der Waals surface area contributed by atoms with E-state index in [-0.39, 0.29) is 29.3 Å². The van der Waals surface area contributed by atoms with Gasteiger partial charge in [0.1, 0.15) is 5.76 Å². The Morgan fingerprint density at radius 1 is 1.00 bits per heavy atom. The summed E-state index contributed by atoms with van der Waals surface area (Å²) in [6, 6.07) is 15.3. The van der Waals surface area contributed by atoms with Gasteiger partial charge in [-0.25, -0.2) is 4.79 Å². The molecule has 0 aliphatic rings. The molecule has 33 heavy (non-hydrogen) atoms. The number of alkyl halides is 3. The molecule has 0 bridgehead atoms. The minimum atomic E-state index is -4.52. The first-order valence-corrected chi connectivity index (χ1v) is 9.92. The molecule has 1 aromatic heterocycles. The van der Waals surface area contributed by atoms with Crippen molar-refractivity contribution in [2.24, 2.45) is 0 Å². The summed E-state index contributed by atoms with van der Waals surface area (Å²) >= 11 is 0. The van der Waals surface area contributed by atoms with Gasteiger partial charge in [0.2, 0.25) is 5.76 Å². The first-order valence-electron chi connectivity index (χ1n) is 9.92. The topological polar surface area (TPSA) is 85.6 Å². The van der Waals surface area contributed by atoms with E-state index < -0.39 is 36.3 Å². The molecule has 9 heteroatoms. The van der Waals surface area contributed by atoms with Crippen LogP contribution in [0.2, 0.25) is 0 Å². The Balaban J connectivity index is 1.58. The van der Waals surface area contributed by atoms with Crippen LogP contribution in [0.25, 0.3) is 11.3 Å². The maximum Gasteiger partial charge on any atom is 0.416 e. The SMILES string of the molecule is CC(=O)C(Cc1ccccc1)NC(=O)COC(=O)c1ccc(-c2cccc(C(F)(F)F)c2)o1. The average molecular weight is 459 g/mol. The number of ketones is 1. The number of halogens is 3. The fourth-order valence-electron chi connectivity index (χ4n) is 3.04. The number of carbonyl (C=O) groups is 3. The molecule has 6 nitrogen and oxygen atoms in total. The highest BCUT2D eigenvalue weighted by molar-refractivity contribution is 5.91. The maximum absolute atomic E-state index is 12.9. The predicted molar refractivity (Wildman–Crippen MR) is 112 cm³/mol. The summed E-state index contributed by atoms with van der Waals surface area (Å²) in [6.07, 6.45) is -4.23. The molecule has 1 N–H and O–H groups in total. The van der Waals surface area contributed by atoms with Gasteiger partial charge in [-0.1, -0.05) is 42.5 Å². The van der Waals surface area contributed by atoms with Crippen LogP contribution < -0.4 is 5.32 Å². The van der Waals surface area contributed by atoms with E-state index in [1.54, 1.807) is 0 Å². The highest BCUT2D eigenvalue weighted by Crippen LogP contribution is 2.32. The zero-order chi connectivity index (χ0) is 24.0. The Morgan fingerprint density at radius 2 is 1.73 bits per heavy atom. The zero-order valence-electron chi connectivity index (χ0n) is 17.5. The first-order chi connectivity index (χ1) is 15.6. The van der Waals surface area contributed by atoms with E-state index in [0.29, 0.717) is 0 Å². The average Bonchev–Trinajstić information content (AvgIpc) is 3.28. The lowest BCUT2D eigenvalue weighted by molar-refractivity contribution is -0.137. The number of benzene rings is 2. The molecule has 0 aliphatic carbocycles. The highest BCUT2D eigenvalue weighted by atomic mass is 19.4. The van der Waals surface area contributed by atoms with Crippen molar-refractivity contribution in [3.8, 4) is 11.3 Å². The molecule has 0 radical (unpaired) electrons. The van der Waals surface area contributed by atoms with Crippen molar-refractivity contribution >= 4 is 17.7 Å². The van der Waals surface area contributed by atoms with Crippen molar-refractivity contribution in [2.45, 2.75) is 25.6 Å². The Morgan fingerprint density at radius 3 is 2.39 bits per heavy atom. The lowest BCUT2D eigenvalue weighted by Gasteiger charge is -2.16. The third kappa shape index (κ3) is 6.55. The Labute approximate surface area is 187 Å². The quantitative estimate of drug-likeness (QED) is 0.504. The molecule has 2 aromatic carbocycles. The lowest BCUT2D eigenvalue weighted by Crippen LogP contribution is -2.43. The van der Waals surface area contributed by atoms with Gasteiger partial charge in [0.05, 0.1) is 11.6 Å². The van der Waals surface area contributed by atoms with Crippen LogP contribution >= 0.6 is 0 Å². The summed E-state index contributed by atoms with van der Waals surface area (Å²) in [4.78, 5) is 36.2. The molecule has 0 saturated carbocycles. The number of hydrogen-bond donors (Lipinski definition) is 1. The summed E-state index contributed by atoms with van der Waals surface area (Å²) in [5.74, 6) is -2.13. The van der Waals surface area contributed by atoms with Crippen LogP contribution in [0.3, 0.4) is 0 Å². The van der Waals surface area contributed by atoms with Crippen LogP contribution in [-0.4, -0.2) is 30.3 Å². The smallest absolute Gasteiger partial charge is 0.416 e. The second-order valence-electron chi connectivity index (χ2n) is 7.24. The third-order valence-corrected chi connectivity index (χ3v) is 4.72. The number of rotatable bonds is 8. The number of furan rings is 1. The van der Waals surface area contributed by atoms with Crippen molar-refractivity contribution in [1.82, 2.24) is 5.32 Å². The minimum Gasteiger partial charge on any atom is -0.450 e. The van der Waals surface area contributed by atoms with Crippen molar-refractivity contribution in [1.29, 1.82) is 0 Å². The van der Waals surface area contributed by atoms with E-state index in [0.717, 1.165) is 17.7 Å². The van der Waals surface area contributed by atoms with Crippen LogP contribution in [0.5, 0.6) is 0 Å². The maximum atomic E-state index is 12.9. The highest BCUT2D eigenvalue weighted by Gasteiger charge is 2.30. The van der Waals surface area contributed by atoms with E-state index in [9.17, 15) is 27.6 Å². The van der Waals surface area contributed by atoms with E-state index >= 15 is 0 Å². The second kappa shape index (κ2) is 10.2. The Kier molecular flexibility index (Phi) is 7.32. The molecule has 1 unspecified atom stereocenters. The van der Waals surface area contributed by atoms with Crippen molar-refractivity contribution in [3.63, 3.8) is 0 Å². The van der Waals surface area contributed by atoms with E-state index in [1.807, 2.05) is 30.3 Å². The van der Waals surface area contributed by atoms with Gasteiger partial charge in [0.15, 0.2) is 12.4 Å². The number of Topliss-reactive ketones (excluding diaryl/α,β-unsaturated/α-hetero) is 1. The van der Waals surface area contributed by atoms with Gasteiger partial charge in [-0.05, 0) is 43.2 Å². The molecule has 1 atom stereocenters. The number of esters is 1. The van der Waals surface area contributed by atoms with Crippen LogP contribution in [0.1, 0.15) is 28.6 Å². The van der Waals surface area contributed by atoms with E-state index in [2.05, 4.69) is 5.32 Å². The summed E-state index contributed by atoms with van der Waals surface area (Å²) in [6.45, 7) is 0.690. The van der Waals surface area contributed by atoms with Gasteiger partial charge in [-0.2, -0.15) is 13.2 Å². The number of ether oxygens (including phenoxy) is 1. The first kappa shape index (κ1) is 23.8. The van der Waals surface area contributed by atoms with Crippen LogP contribution in [-0.2, 0) is 26.9 Å². The van der Waals surface area contributed by atoms with Crippen molar-refractivity contribution in [2.75, 3.05) is 6.61 Å². The Bertz CT molecular complexity index is 1140. The number of amides is 1. The summed E-state index contributed by atoms with van der Waals surface area (Å²) in [7, 11) is 0. The van der Waals surface area contributed by atoms with Crippen LogP contribution in [0.4, 0.5) is 13.2 Å². The lowest BCUT2D eigenvalue weighted by atomic mass is 10.0. The van der Waals surface area contributed by atoms with Crippen LogP contribution in [0.15, 0.2) is 71.1 Å². The molecule has 0 fully saturated rings. The van der Waals surface area contributed by atoms with Gasteiger partial charge in [0.25, 0.3) is 5.91 Å². The molecule has 3 aromatic rings. The molecular formula is C24H20F3NO5. The third-order valence-electron chi connectivity index (χ3n) is 4.72. The number of hydrogen-bond acceptors (Lipinski definition) is 5. The summed E-state index contributed by atoms with van der Waals surface area (Å²) in [5, 5.41) is 2.52. The molecule has 1 heterocycles. The number of nitrogens with one attached hydrogen (secondary N) is 1. The van der Waals surface area contributed by atoms with E-state index in [1.165, 1.54) is 31.2 Å². The molecule has 0 aliphatic heterocycles. The molecular weight excluding hydrogens is 439 g/mol. The van der Waals surface area contributed by atoms with E-state index in [4.69, 9.17) is 9.15 Å². The minimum absolute atomic E-state index is 0.0389. The predicted octanol–water partition coefficient (Wildman–Crippen LogP) is 4.44. The normalized spacial score (nSPS) is 12.1. The molecule has 0 saturated heterocycles. The second-order valence-corrected chi connectivity index (χ2v) is 7.24. The van der Waals surface area contributed by atoms with Crippen LogP contribution in [0, 0.1) is 0 Å². The van der Waals surface area contributed by atoms with Crippen molar-refractivity contribution < 1.29 is 36.7 Å². The standard InChI is InChI=1S/C24H20F3NO5/c1-15(29)19(12-16-6-3-2-4-7-16)28-22(30)14-32-23(31)21-11-10-20(33-21)17-8-5-9-18(13-17)24(25,26)27/h2-11,13,19H,12,14H2,1H3,(H,28,30). The van der Waals surface area contributed by atoms with Gasteiger partial charge >= 0.3 is 12.1 Å². The van der Waals surface area contributed by atoms with Gasteiger partial charge in [0, 0.05) is 5.56 Å². The molecule has 1 amide bonds. The molecule has 172 valence electrons. The molecule has 0 spiro atoms.